The maximum Gasteiger partial charge on any atom is 0.248 e. The van der Waals surface area contributed by atoms with Gasteiger partial charge >= 0.3 is 0 Å². The third-order valence-corrected chi connectivity index (χ3v) is 4.98. The van der Waals surface area contributed by atoms with Gasteiger partial charge in [0.25, 0.3) is 0 Å². The Morgan fingerprint density at radius 2 is 1.80 bits per heavy atom. The fraction of sp³-hybridized carbons (Fsp3) is 0.588. The van der Waals surface area contributed by atoms with E-state index in [1.165, 1.54) is 50.6 Å². The van der Waals surface area contributed by atoms with E-state index in [0.29, 0.717) is 5.56 Å². The van der Waals surface area contributed by atoms with Crippen molar-refractivity contribution in [1.82, 2.24) is 4.90 Å². The number of nitrogens with two attached hydrogens (primary N) is 1. The zero-order chi connectivity index (χ0) is 13.9. The fourth-order valence-corrected chi connectivity index (χ4v) is 3.93. The van der Waals surface area contributed by atoms with E-state index in [0.717, 1.165) is 18.5 Å². The monoisotopic (exact) mass is 272 g/mol. The molecular weight excluding hydrogens is 248 g/mol. The molecule has 2 unspecified atom stereocenters. The Morgan fingerprint density at radius 3 is 2.55 bits per heavy atom. The average molecular weight is 272 g/mol. The molecule has 0 radical (unpaired) electrons. The summed E-state index contributed by atoms with van der Waals surface area (Å²) in [5, 5.41) is 0. The lowest BCUT2D eigenvalue weighted by molar-refractivity contribution is 0.0547. The first-order chi connectivity index (χ1) is 9.74. The quantitative estimate of drug-likeness (QED) is 0.919. The van der Waals surface area contributed by atoms with Crippen molar-refractivity contribution < 1.29 is 4.79 Å². The predicted octanol–water partition coefficient (Wildman–Crippen LogP) is 2.94. The number of carbonyl (C=O) groups is 1. The second-order valence-corrected chi connectivity index (χ2v) is 6.29. The van der Waals surface area contributed by atoms with Gasteiger partial charge in [-0.3, -0.25) is 9.69 Å². The van der Waals surface area contributed by atoms with Crippen LogP contribution in [0.3, 0.4) is 0 Å². The van der Waals surface area contributed by atoms with Gasteiger partial charge in [0.1, 0.15) is 0 Å². The van der Waals surface area contributed by atoms with Crippen LogP contribution >= 0.6 is 0 Å². The van der Waals surface area contributed by atoms with Crippen LogP contribution in [-0.4, -0.2) is 23.4 Å². The molecule has 1 saturated heterocycles. The number of likely N-dealkylation sites (tertiary alicyclic amines) is 1. The molecule has 2 fully saturated rings. The standard InChI is InChI=1S/C17H24N2O/c18-17(20)15-9-7-13(8-10-15)12-19-11-3-5-14-4-1-2-6-16(14)19/h7-10,14,16H,1-6,11-12H2,(H2,18,20). The summed E-state index contributed by atoms with van der Waals surface area (Å²) in [6.07, 6.45) is 8.34. The molecule has 1 aromatic rings. The van der Waals surface area contributed by atoms with Crippen molar-refractivity contribution in [3.8, 4) is 0 Å². The van der Waals surface area contributed by atoms with E-state index in [1.807, 2.05) is 24.3 Å². The molecule has 3 nitrogen and oxygen atoms in total. The molecule has 0 spiro atoms. The molecule has 1 heterocycles. The summed E-state index contributed by atoms with van der Waals surface area (Å²) < 4.78 is 0. The smallest absolute Gasteiger partial charge is 0.248 e. The van der Waals surface area contributed by atoms with Crippen molar-refractivity contribution in [2.24, 2.45) is 11.7 Å². The topological polar surface area (TPSA) is 46.3 Å². The summed E-state index contributed by atoms with van der Waals surface area (Å²) >= 11 is 0. The van der Waals surface area contributed by atoms with Crippen LogP contribution in [-0.2, 0) is 6.54 Å². The normalized spacial score (nSPS) is 27.0. The Balaban J connectivity index is 1.68. The lowest BCUT2D eigenvalue weighted by Gasteiger charge is -2.44. The van der Waals surface area contributed by atoms with Gasteiger partial charge in [-0.05, 0) is 55.8 Å². The van der Waals surface area contributed by atoms with E-state index >= 15 is 0 Å². The molecular formula is C17H24N2O. The molecule has 1 aromatic carbocycles. The number of rotatable bonds is 3. The number of amides is 1. The van der Waals surface area contributed by atoms with Gasteiger partial charge < -0.3 is 5.73 Å². The SMILES string of the molecule is NC(=O)c1ccc(CN2CCCC3CCCCC32)cc1. The van der Waals surface area contributed by atoms with E-state index in [-0.39, 0.29) is 5.91 Å². The highest BCUT2D eigenvalue weighted by Crippen LogP contribution is 2.35. The lowest BCUT2D eigenvalue weighted by atomic mass is 9.78. The largest absolute Gasteiger partial charge is 0.366 e. The van der Waals surface area contributed by atoms with Crippen LogP contribution in [0.5, 0.6) is 0 Å². The summed E-state index contributed by atoms with van der Waals surface area (Å²) in [7, 11) is 0. The van der Waals surface area contributed by atoms with E-state index < -0.39 is 0 Å². The van der Waals surface area contributed by atoms with Crippen LogP contribution in [0.4, 0.5) is 0 Å². The number of nitrogens with zero attached hydrogens (tertiary/aromatic N) is 1. The highest BCUT2D eigenvalue weighted by Gasteiger charge is 2.32. The highest BCUT2D eigenvalue weighted by atomic mass is 16.1. The molecule has 1 aliphatic carbocycles. The fourth-order valence-electron chi connectivity index (χ4n) is 3.93. The maximum atomic E-state index is 11.1. The van der Waals surface area contributed by atoms with Gasteiger partial charge in [0, 0.05) is 18.2 Å². The number of hydrogen-bond acceptors (Lipinski definition) is 2. The van der Waals surface area contributed by atoms with Gasteiger partial charge in [0.15, 0.2) is 0 Å². The van der Waals surface area contributed by atoms with Gasteiger partial charge in [0.05, 0.1) is 0 Å². The molecule has 1 amide bonds. The van der Waals surface area contributed by atoms with Crippen molar-refractivity contribution in [2.45, 2.75) is 51.1 Å². The minimum Gasteiger partial charge on any atom is -0.366 e. The molecule has 2 N–H and O–H groups in total. The van der Waals surface area contributed by atoms with Gasteiger partial charge in [-0.2, -0.15) is 0 Å². The second kappa shape index (κ2) is 5.96. The van der Waals surface area contributed by atoms with Crippen molar-refractivity contribution in [3.63, 3.8) is 0 Å². The molecule has 3 heteroatoms. The Labute approximate surface area is 121 Å². The lowest BCUT2D eigenvalue weighted by Crippen LogP contribution is -2.46. The number of fused-ring (bicyclic) bond motifs is 1. The first-order valence-electron chi connectivity index (χ1n) is 7.87. The highest BCUT2D eigenvalue weighted by molar-refractivity contribution is 5.92. The maximum absolute atomic E-state index is 11.1. The molecule has 108 valence electrons. The molecule has 2 aliphatic rings. The van der Waals surface area contributed by atoms with Crippen molar-refractivity contribution in [1.29, 1.82) is 0 Å². The van der Waals surface area contributed by atoms with Gasteiger partial charge in [-0.15, -0.1) is 0 Å². The number of primary amides is 1. The summed E-state index contributed by atoms with van der Waals surface area (Å²) in [5.74, 6) is 0.573. The Hall–Kier alpha value is -1.35. The minimum atomic E-state index is -0.345. The van der Waals surface area contributed by atoms with Crippen LogP contribution in [0.1, 0.15) is 54.4 Å². The van der Waals surface area contributed by atoms with Gasteiger partial charge in [-0.25, -0.2) is 0 Å². The Morgan fingerprint density at radius 1 is 1.10 bits per heavy atom. The van der Waals surface area contributed by atoms with Crippen molar-refractivity contribution in [2.75, 3.05) is 6.54 Å². The summed E-state index contributed by atoms with van der Waals surface area (Å²) in [6, 6.07) is 8.58. The van der Waals surface area contributed by atoms with Gasteiger partial charge in [0.2, 0.25) is 5.91 Å². The van der Waals surface area contributed by atoms with Crippen LogP contribution in [0.2, 0.25) is 0 Å². The molecule has 2 atom stereocenters. The zero-order valence-corrected chi connectivity index (χ0v) is 12.1. The number of hydrogen-bond donors (Lipinski definition) is 1. The van der Waals surface area contributed by atoms with E-state index in [9.17, 15) is 4.79 Å². The number of benzene rings is 1. The van der Waals surface area contributed by atoms with Crippen molar-refractivity contribution in [3.05, 3.63) is 35.4 Å². The first-order valence-corrected chi connectivity index (χ1v) is 7.87. The Bertz CT molecular complexity index is 466. The predicted molar refractivity (Wildman–Crippen MR) is 80.3 cm³/mol. The minimum absolute atomic E-state index is 0.345. The molecule has 1 aliphatic heterocycles. The Kier molecular flexibility index (Phi) is 4.06. The van der Waals surface area contributed by atoms with Crippen LogP contribution in [0, 0.1) is 5.92 Å². The molecule has 20 heavy (non-hydrogen) atoms. The van der Waals surface area contributed by atoms with E-state index in [4.69, 9.17) is 5.73 Å². The number of carbonyl (C=O) groups excluding carboxylic acids is 1. The molecule has 0 aromatic heterocycles. The van der Waals surface area contributed by atoms with E-state index in [2.05, 4.69) is 4.90 Å². The molecule has 0 bridgehead atoms. The summed E-state index contributed by atoms with van der Waals surface area (Å²) in [5.41, 5.74) is 7.18. The summed E-state index contributed by atoms with van der Waals surface area (Å²) in [4.78, 5) is 13.8. The molecule has 1 saturated carbocycles. The van der Waals surface area contributed by atoms with Crippen LogP contribution in [0.25, 0.3) is 0 Å². The van der Waals surface area contributed by atoms with Crippen molar-refractivity contribution >= 4 is 5.91 Å². The van der Waals surface area contributed by atoms with Gasteiger partial charge in [-0.1, -0.05) is 25.0 Å². The third-order valence-electron chi connectivity index (χ3n) is 4.98. The third kappa shape index (κ3) is 2.88. The van der Waals surface area contributed by atoms with Crippen LogP contribution in [0.15, 0.2) is 24.3 Å². The zero-order valence-electron chi connectivity index (χ0n) is 12.1. The average Bonchev–Trinajstić information content (AvgIpc) is 2.48. The summed E-state index contributed by atoms with van der Waals surface area (Å²) in [6.45, 7) is 2.24. The number of piperidine rings is 1. The first kappa shape index (κ1) is 13.6. The second-order valence-electron chi connectivity index (χ2n) is 6.29. The van der Waals surface area contributed by atoms with E-state index in [1.54, 1.807) is 0 Å². The molecule has 3 rings (SSSR count). The van der Waals surface area contributed by atoms with Crippen LogP contribution < -0.4 is 5.73 Å².